The molecular weight excluding hydrogens is 376 g/mol. The van der Waals surface area contributed by atoms with Gasteiger partial charge in [0.1, 0.15) is 11.4 Å². The maximum Gasteiger partial charge on any atom is 0.262 e. The molecular formula is C20H20N4O3S. The fourth-order valence-corrected chi connectivity index (χ4v) is 4.01. The topological polar surface area (TPSA) is 84.3 Å². The van der Waals surface area contributed by atoms with E-state index < -0.39 is 0 Å². The molecule has 0 saturated carbocycles. The minimum atomic E-state index is -0.268. The van der Waals surface area contributed by atoms with Gasteiger partial charge in [0, 0.05) is 25.2 Å². The fourth-order valence-electron chi connectivity index (χ4n) is 3.29. The Labute approximate surface area is 165 Å². The van der Waals surface area contributed by atoms with Gasteiger partial charge < -0.3 is 10.2 Å². The van der Waals surface area contributed by atoms with Crippen molar-refractivity contribution in [1.29, 1.82) is 0 Å². The monoisotopic (exact) mass is 396 g/mol. The number of fused-ring (bicyclic) bond motifs is 1. The van der Waals surface area contributed by atoms with E-state index in [-0.39, 0.29) is 23.9 Å². The lowest BCUT2D eigenvalue weighted by Crippen LogP contribution is -2.32. The summed E-state index contributed by atoms with van der Waals surface area (Å²) in [6.45, 7) is 1.90. The number of hydrogen-bond donors (Lipinski definition) is 1. The van der Waals surface area contributed by atoms with E-state index in [1.54, 1.807) is 18.2 Å². The van der Waals surface area contributed by atoms with E-state index in [1.807, 2.05) is 22.4 Å². The maximum absolute atomic E-state index is 12.4. The highest BCUT2D eigenvalue weighted by Gasteiger charge is 2.19. The summed E-state index contributed by atoms with van der Waals surface area (Å²) in [4.78, 5) is 43.6. The Morgan fingerprint density at radius 2 is 1.86 bits per heavy atom. The molecule has 0 atom stereocenters. The predicted octanol–water partition coefficient (Wildman–Crippen LogP) is 2.01. The zero-order valence-corrected chi connectivity index (χ0v) is 16.1. The second-order valence-corrected chi connectivity index (χ2v) is 7.68. The number of hydrogen-bond acceptors (Lipinski definition) is 5. The van der Waals surface area contributed by atoms with Crippen LogP contribution in [0.5, 0.6) is 0 Å². The summed E-state index contributed by atoms with van der Waals surface area (Å²) in [5.74, 6) is -0.209. The molecule has 1 N–H and O–H groups in total. The Bertz CT molecular complexity index is 1060. The molecule has 1 fully saturated rings. The number of carbonyl (C=O) groups is 2. The highest BCUT2D eigenvalue weighted by atomic mass is 32.1. The molecule has 144 valence electrons. The average Bonchev–Trinajstić information content (AvgIpc) is 3.40. The number of rotatable bonds is 5. The average molecular weight is 396 g/mol. The summed E-state index contributed by atoms with van der Waals surface area (Å²) < 4.78 is 1.31. The first kappa shape index (κ1) is 18.4. The summed E-state index contributed by atoms with van der Waals surface area (Å²) in [6.07, 6.45) is 3.53. The van der Waals surface area contributed by atoms with Crippen molar-refractivity contribution in [3.8, 4) is 0 Å². The quantitative estimate of drug-likeness (QED) is 0.715. The van der Waals surface area contributed by atoms with E-state index in [2.05, 4.69) is 10.3 Å². The minimum absolute atomic E-state index is 0.0591. The molecule has 1 aliphatic heterocycles. The standard InChI is InChI=1S/C20H20N4O3S/c25-17(12-24-13-22-18-16(20(24)27)7-10-28-18)21-11-14-3-5-15(6-4-14)19(26)23-8-1-2-9-23/h3-7,10,13H,1-2,8-9,11-12H2,(H,21,25). The van der Waals surface area contributed by atoms with Crippen molar-refractivity contribution in [2.75, 3.05) is 13.1 Å². The van der Waals surface area contributed by atoms with E-state index in [1.165, 1.54) is 22.2 Å². The van der Waals surface area contributed by atoms with Crippen molar-refractivity contribution in [3.05, 3.63) is 63.5 Å². The molecule has 0 spiro atoms. The lowest BCUT2D eigenvalue weighted by Gasteiger charge is -2.15. The lowest BCUT2D eigenvalue weighted by molar-refractivity contribution is -0.121. The van der Waals surface area contributed by atoms with Crippen molar-refractivity contribution in [1.82, 2.24) is 19.8 Å². The van der Waals surface area contributed by atoms with Crippen LogP contribution >= 0.6 is 11.3 Å². The maximum atomic E-state index is 12.4. The van der Waals surface area contributed by atoms with Gasteiger partial charge in [0.15, 0.2) is 0 Å². The Morgan fingerprint density at radius 1 is 1.11 bits per heavy atom. The third kappa shape index (κ3) is 3.82. The van der Waals surface area contributed by atoms with Gasteiger partial charge in [0.05, 0.1) is 11.7 Å². The molecule has 0 bridgehead atoms. The van der Waals surface area contributed by atoms with Crippen LogP contribution in [0.2, 0.25) is 0 Å². The molecule has 3 aromatic rings. The van der Waals surface area contributed by atoms with Gasteiger partial charge in [-0.2, -0.15) is 0 Å². The smallest absolute Gasteiger partial charge is 0.262 e. The van der Waals surface area contributed by atoms with Crippen molar-refractivity contribution >= 4 is 33.4 Å². The number of amides is 2. The first-order valence-corrected chi connectivity index (χ1v) is 10.1. The molecule has 2 aromatic heterocycles. The third-order valence-electron chi connectivity index (χ3n) is 4.85. The summed E-state index contributed by atoms with van der Waals surface area (Å²) >= 11 is 1.40. The van der Waals surface area contributed by atoms with Crippen LogP contribution in [0.3, 0.4) is 0 Å². The molecule has 4 rings (SSSR count). The molecule has 7 nitrogen and oxygen atoms in total. The molecule has 3 heterocycles. The summed E-state index contributed by atoms with van der Waals surface area (Å²) in [5, 5.41) is 5.13. The van der Waals surface area contributed by atoms with Crippen LogP contribution in [0.1, 0.15) is 28.8 Å². The van der Waals surface area contributed by atoms with Crippen LogP contribution in [0.15, 0.2) is 46.8 Å². The van der Waals surface area contributed by atoms with Crippen LogP contribution < -0.4 is 10.9 Å². The van der Waals surface area contributed by atoms with E-state index in [0.29, 0.717) is 22.3 Å². The summed E-state index contributed by atoms with van der Waals surface area (Å²) in [5.41, 5.74) is 1.34. The molecule has 0 unspecified atom stereocenters. The highest BCUT2D eigenvalue weighted by Crippen LogP contribution is 2.14. The molecule has 28 heavy (non-hydrogen) atoms. The largest absolute Gasteiger partial charge is 0.350 e. The zero-order valence-electron chi connectivity index (χ0n) is 15.3. The van der Waals surface area contributed by atoms with Crippen LogP contribution in [0.4, 0.5) is 0 Å². The van der Waals surface area contributed by atoms with Gasteiger partial charge in [-0.05, 0) is 42.0 Å². The van der Waals surface area contributed by atoms with Crippen molar-refractivity contribution in [2.24, 2.45) is 0 Å². The van der Waals surface area contributed by atoms with Gasteiger partial charge in [-0.3, -0.25) is 19.0 Å². The summed E-state index contributed by atoms with van der Waals surface area (Å²) in [7, 11) is 0. The second kappa shape index (κ2) is 7.93. The van der Waals surface area contributed by atoms with Crippen molar-refractivity contribution < 1.29 is 9.59 Å². The van der Waals surface area contributed by atoms with Crippen LogP contribution in [-0.2, 0) is 17.9 Å². The van der Waals surface area contributed by atoms with E-state index in [4.69, 9.17) is 0 Å². The van der Waals surface area contributed by atoms with Crippen LogP contribution in [-0.4, -0.2) is 39.4 Å². The first-order valence-electron chi connectivity index (χ1n) is 9.19. The Balaban J connectivity index is 1.34. The molecule has 0 radical (unpaired) electrons. The molecule has 8 heteroatoms. The van der Waals surface area contributed by atoms with E-state index >= 15 is 0 Å². The van der Waals surface area contributed by atoms with Gasteiger partial charge in [-0.25, -0.2) is 4.98 Å². The molecule has 0 aliphatic carbocycles. The van der Waals surface area contributed by atoms with Gasteiger partial charge in [-0.1, -0.05) is 12.1 Å². The minimum Gasteiger partial charge on any atom is -0.350 e. The number of nitrogens with zero attached hydrogens (tertiary/aromatic N) is 3. The van der Waals surface area contributed by atoms with Gasteiger partial charge in [-0.15, -0.1) is 11.3 Å². The van der Waals surface area contributed by atoms with E-state index in [9.17, 15) is 14.4 Å². The number of carbonyl (C=O) groups excluding carboxylic acids is 2. The highest BCUT2D eigenvalue weighted by molar-refractivity contribution is 7.16. The van der Waals surface area contributed by atoms with Crippen molar-refractivity contribution in [3.63, 3.8) is 0 Å². The Kier molecular flexibility index (Phi) is 5.21. The predicted molar refractivity (Wildman–Crippen MR) is 107 cm³/mol. The van der Waals surface area contributed by atoms with Crippen LogP contribution in [0.25, 0.3) is 10.2 Å². The zero-order chi connectivity index (χ0) is 19.5. The number of thiophene rings is 1. The molecule has 2 amide bonds. The molecule has 1 aliphatic rings. The van der Waals surface area contributed by atoms with Gasteiger partial charge >= 0.3 is 0 Å². The number of aromatic nitrogens is 2. The van der Waals surface area contributed by atoms with Crippen LogP contribution in [0, 0.1) is 0 Å². The SMILES string of the molecule is O=C(Cn1cnc2sccc2c1=O)NCc1ccc(C(=O)N2CCCC2)cc1. The Hall–Kier alpha value is -3.00. The number of benzene rings is 1. The lowest BCUT2D eigenvalue weighted by atomic mass is 10.1. The van der Waals surface area contributed by atoms with Gasteiger partial charge in [0.25, 0.3) is 11.5 Å². The first-order chi connectivity index (χ1) is 13.6. The third-order valence-corrected chi connectivity index (χ3v) is 5.67. The molecule has 1 aromatic carbocycles. The number of likely N-dealkylation sites (tertiary alicyclic amines) is 1. The van der Waals surface area contributed by atoms with Gasteiger partial charge in [0.2, 0.25) is 5.91 Å². The van der Waals surface area contributed by atoms with Crippen molar-refractivity contribution in [2.45, 2.75) is 25.9 Å². The normalized spacial score (nSPS) is 13.8. The number of nitrogens with one attached hydrogen (secondary N) is 1. The molecule has 1 saturated heterocycles. The van der Waals surface area contributed by atoms with E-state index in [0.717, 1.165) is 31.5 Å². The summed E-state index contributed by atoms with van der Waals surface area (Å²) in [6, 6.07) is 8.99. The Morgan fingerprint density at radius 3 is 2.61 bits per heavy atom. The fraction of sp³-hybridized carbons (Fsp3) is 0.300. The second-order valence-electron chi connectivity index (χ2n) is 6.79.